The summed E-state index contributed by atoms with van der Waals surface area (Å²) in [5.74, 6) is 0.521. The topological polar surface area (TPSA) is 107 Å². The molecule has 4 aliphatic rings. The molecule has 0 radical (unpaired) electrons. The van der Waals surface area contributed by atoms with Crippen molar-refractivity contribution >= 4 is 55.9 Å². The van der Waals surface area contributed by atoms with Crippen LogP contribution >= 0.6 is 34.2 Å². The fraction of sp³-hybridized carbons (Fsp3) is 0.600. The van der Waals surface area contributed by atoms with Crippen LogP contribution in [0, 0.1) is 17.8 Å². The molecular weight excluding hydrogens is 601 g/mol. The van der Waals surface area contributed by atoms with Gasteiger partial charge in [-0.2, -0.15) is 0 Å². The highest BCUT2D eigenvalue weighted by atomic mass is 127. The summed E-state index contributed by atoms with van der Waals surface area (Å²) in [6, 6.07) is -0.849. The molecule has 2 unspecified atom stereocenters. The van der Waals surface area contributed by atoms with Crippen molar-refractivity contribution in [3.8, 4) is 0 Å². The summed E-state index contributed by atoms with van der Waals surface area (Å²) in [4.78, 5) is 44.4. The lowest BCUT2D eigenvalue weighted by atomic mass is 9.86. The predicted molar refractivity (Wildman–Crippen MR) is 142 cm³/mol. The van der Waals surface area contributed by atoms with Gasteiger partial charge in [0.2, 0.25) is 9.70 Å². The first-order valence-corrected chi connectivity index (χ1v) is 13.4. The van der Waals surface area contributed by atoms with Crippen LogP contribution in [0.25, 0.3) is 0 Å². The molecule has 2 aliphatic carbocycles. The molecular formula is C25H31ClIN3O6. The van der Waals surface area contributed by atoms with Crippen molar-refractivity contribution < 1.29 is 28.6 Å². The van der Waals surface area contributed by atoms with Crippen molar-refractivity contribution in [3.05, 3.63) is 35.2 Å². The van der Waals surface area contributed by atoms with Crippen molar-refractivity contribution in [2.75, 3.05) is 13.7 Å². The van der Waals surface area contributed by atoms with Crippen LogP contribution in [0.3, 0.4) is 0 Å². The summed E-state index contributed by atoms with van der Waals surface area (Å²) < 4.78 is 17.1. The molecule has 2 heterocycles. The van der Waals surface area contributed by atoms with E-state index in [-0.39, 0.29) is 34.5 Å². The Morgan fingerprint density at radius 2 is 1.97 bits per heavy atom. The number of ether oxygens (including phenoxy) is 3. The maximum absolute atomic E-state index is 13.4. The Bertz CT molecular complexity index is 1080. The molecule has 2 aliphatic heterocycles. The standard InChI is InChI=1S/C25H31ClIN3O6/c1-13-11-25(13,22(27)32)29-20(31)18-10-16(12-30(18)23(33)36-24(2,3)4)35-21-17-7-6-15(34-5)8-14(17)9-19(26)28-21/h6-9,13-14,16-18H,10-12H2,1-5H3,(H,29,31)/t13-,14?,16-,17?,18+,25-/m1/s1. The summed E-state index contributed by atoms with van der Waals surface area (Å²) in [5.41, 5.74) is -1.62. The van der Waals surface area contributed by atoms with Gasteiger partial charge in [0, 0.05) is 34.9 Å². The third kappa shape index (κ3) is 5.58. The van der Waals surface area contributed by atoms with Crippen molar-refractivity contribution in [1.82, 2.24) is 10.2 Å². The van der Waals surface area contributed by atoms with E-state index in [0.29, 0.717) is 17.5 Å². The van der Waals surface area contributed by atoms with Gasteiger partial charge in [-0.25, -0.2) is 9.79 Å². The molecule has 1 N–H and O–H groups in total. The molecule has 9 nitrogen and oxygen atoms in total. The van der Waals surface area contributed by atoms with Gasteiger partial charge in [0.1, 0.15) is 34.2 Å². The number of nitrogens with zero attached hydrogens (tertiary/aromatic N) is 2. The average Bonchev–Trinajstić information content (AvgIpc) is 3.23. The minimum Gasteiger partial charge on any atom is -0.497 e. The summed E-state index contributed by atoms with van der Waals surface area (Å²) in [5, 5.41) is 3.20. The number of fused-ring (bicyclic) bond motifs is 1. The summed E-state index contributed by atoms with van der Waals surface area (Å²) >= 11 is 8.00. The van der Waals surface area contributed by atoms with Gasteiger partial charge in [-0.3, -0.25) is 14.5 Å². The Morgan fingerprint density at radius 3 is 2.56 bits per heavy atom. The number of halogens is 2. The zero-order chi connectivity index (χ0) is 26.4. The second-order valence-electron chi connectivity index (χ2n) is 10.6. The second kappa shape index (κ2) is 10.00. The highest BCUT2D eigenvalue weighted by Crippen LogP contribution is 2.45. The summed E-state index contributed by atoms with van der Waals surface area (Å²) in [7, 11) is 1.60. The normalized spacial score (nSPS) is 33.0. The molecule has 0 aromatic heterocycles. The van der Waals surface area contributed by atoms with Crippen molar-refractivity contribution in [1.29, 1.82) is 0 Å². The van der Waals surface area contributed by atoms with Crippen LogP contribution in [0.2, 0.25) is 0 Å². The number of hydrogen-bond donors (Lipinski definition) is 1. The Labute approximate surface area is 229 Å². The lowest BCUT2D eigenvalue weighted by molar-refractivity contribution is -0.128. The molecule has 1 saturated heterocycles. The number of nitrogens with one attached hydrogen (secondary N) is 1. The van der Waals surface area contributed by atoms with Crippen LogP contribution in [0.4, 0.5) is 4.79 Å². The van der Waals surface area contributed by atoms with Crippen molar-refractivity contribution in [3.63, 3.8) is 0 Å². The minimum absolute atomic E-state index is 0.0415. The Hall–Kier alpha value is -2.08. The maximum Gasteiger partial charge on any atom is 0.411 e. The van der Waals surface area contributed by atoms with Crippen LogP contribution in [-0.4, -0.2) is 63.5 Å². The van der Waals surface area contributed by atoms with Gasteiger partial charge in [0.25, 0.3) is 0 Å². The van der Waals surface area contributed by atoms with E-state index in [9.17, 15) is 14.4 Å². The molecule has 1 saturated carbocycles. The smallest absolute Gasteiger partial charge is 0.411 e. The number of carbonyl (C=O) groups excluding carboxylic acids is 3. The highest BCUT2D eigenvalue weighted by molar-refractivity contribution is 14.1. The van der Waals surface area contributed by atoms with Gasteiger partial charge in [-0.15, -0.1) is 0 Å². The Kier molecular flexibility index (Phi) is 7.49. The highest BCUT2D eigenvalue weighted by Gasteiger charge is 2.58. The van der Waals surface area contributed by atoms with Gasteiger partial charge in [-0.1, -0.05) is 24.6 Å². The largest absolute Gasteiger partial charge is 0.497 e. The summed E-state index contributed by atoms with van der Waals surface area (Å²) in [6.45, 7) is 7.35. The van der Waals surface area contributed by atoms with E-state index in [1.807, 2.05) is 31.2 Å². The molecule has 0 aromatic rings. The van der Waals surface area contributed by atoms with Gasteiger partial charge >= 0.3 is 6.09 Å². The number of hydrogen-bond acceptors (Lipinski definition) is 7. The molecule has 0 bridgehead atoms. The van der Waals surface area contributed by atoms with Crippen molar-refractivity contribution in [2.45, 2.75) is 63.8 Å². The van der Waals surface area contributed by atoms with E-state index in [2.05, 4.69) is 10.3 Å². The number of amides is 2. The van der Waals surface area contributed by atoms with Crippen LogP contribution < -0.4 is 5.32 Å². The van der Waals surface area contributed by atoms with E-state index >= 15 is 0 Å². The van der Waals surface area contributed by atoms with Gasteiger partial charge in [0.15, 0.2) is 5.90 Å². The van der Waals surface area contributed by atoms with Gasteiger partial charge in [-0.05, 0) is 51.3 Å². The number of likely N-dealkylation sites (tertiary alicyclic amines) is 1. The van der Waals surface area contributed by atoms with Crippen LogP contribution in [0.15, 0.2) is 40.2 Å². The zero-order valence-electron chi connectivity index (χ0n) is 20.9. The molecule has 2 fully saturated rings. The molecule has 0 spiro atoms. The molecule has 6 atom stereocenters. The maximum atomic E-state index is 13.4. The van der Waals surface area contributed by atoms with E-state index in [1.165, 1.54) is 4.90 Å². The number of rotatable bonds is 5. The molecule has 0 aromatic carbocycles. The lowest BCUT2D eigenvalue weighted by Gasteiger charge is -2.29. The number of carbonyl (C=O) groups is 3. The zero-order valence-corrected chi connectivity index (χ0v) is 23.8. The van der Waals surface area contributed by atoms with Crippen LogP contribution in [0.5, 0.6) is 0 Å². The van der Waals surface area contributed by atoms with Gasteiger partial charge in [0.05, 0.1) is 19.6 Å². The SMILES string of the molecule is COC1=CC2C=C(Cl)N=C(O[C@@H]3C[C@@H](C(=O)N[C@]4(C(=O)I)C[C@H]4C)N(C(=O)OC(C)(C)C)C3)C2C=C1. The number of allylic oxidation sites excluding steroid dienone is 3. The fourth-order valence-electron chi connectivity index (χ4n) is 4.74. The van der Waals surface area contributed by atoms with E-state index in [0.717, 1.165) is 5.76 Å². The quantitative estimate of drug-likeness (QED) is 0.279. The first-order chi connectivity index (χ1) is 16.8. The lowest BCUT2D eigenvalue weighted by Crippen LogP contribution is -2.52. The monoisotopic (exact) mass is 631 g/mol. The number of aliphatic imine (C=N–C) groups is 1. The molecule has 196 valence electrons. The third-order valence-electron chi connectivity index (χ3n) is 6.79. The van der Waals surface area contributed by atoms with E-state index < -0.39 is 35.3 Å². The predicted octanol–water partition coefficient (Wildman–Crippen LogP) is 4.06. The second-order valence-corrected chi connectivity index (χ2v) is 12.0. The van der Waals surface area contributed by atoms with Gasteiger partial charge < -0.3 is 19.5 Å². The average molecular weight is 632 g/mol. The van der Waals surface area contributed by atoms with E-state index in [1.54, 1.807) is 50.5 Å². The van der Waals surface area contributed by atoms with Crippen LogP contribution in [0.1, 0.15) is 40.5 Å². The molecule has 11 heteroatoms. The Balaban J connectivity index is 1.53. The Morgan fingerprint density at radius 1 is 1.28 bits per heavy atom. The molecule has 4 rings (SSSR count). The third-order valence-corrected chi connectivity index (χ3v) is 7.97. The van der Waals surface area contributed by atoms with Crippen molar-refractivity contribution in [2.24, 2.45) is 22.7 Å². The molecule has 36 heavy (non-hydrogen) atoms. The first-order valence-electron chi connectivity index (χ1n) is 11.9. The van der Waals surface area contributed by atoms with Crippen LogP contribution in [-0.2, 0) is 23.8 Å². The first kappa shape index (κ1) is 27.0. The summed E-state index contributed by atoms with van der Waals surface area (Å²) in [6.07, 6.45) is 7.24. The molecule has 2 amide bonds. The van der Waals surface area contributed by atoms with E-state index in [4.69, 9.17) is 25.8 Å². The minimum atomic E-state index is -0.881. The fourth-order valence-corrected chi connectivity index (χ4v) is 5.86. The number of methoxy groups -OCH3 is 1.